The molecule has 2 aromatic rings. The lowest BCUT2D eigenvalue weighted by Gasteiger charge is -2.10. The standard InChI is InChI=1S/C17H17N3O3/c1-2-22-17-14(4-3-9-19-17)11-20-16(21)12-23-15-7-5-13(10-18)6-8-15/h3-9H,2,11-12H2,1H3,(H,20,21). The Labute approximate surface area is 134 Å². The molecule has 2 rings (SSSR count). The Morgan fingerprint density at radius 3 is 2.74 bits per heavy atom. The summed E-state index contributed by atoms with van der Waals surface area (Å²) in [4.78, 5) is 16.0. The van der Waals surface area contributed by atoms with Gasteiger partial charge in [-0.1, -0.05) is 6.07 Å². The molecule has 0 atom stereocenters. The number of aromatic nitrogens is 1. The number of benzene rings is 1. The van der Waals surface area contributed by atoms with Crippen LogP contribution in [0, 0.1) is 11.3 Å². The summed E-state index contributed by atoms with van der Waals surface area (Å²) in [5, 5.41) is 11.5. The molecule has 6 heteroatoms. The van der Waals surface area contributed by atoms with Crippen LogP contribution < -0.4 is 14.8 Å². The molecule has 0 saturated carbocycles. The van der Waals surface area contributed by atoms with E-state index in [1.165, 1.54) is 0 Å². The lowest BCUT2D eigenvalue weighted by Crippen LogP contribution is -2.28. The Morgan fingerprint density at radius 1 is 1.26 bits per heavy atom. The van der Waals surface area contributed by atoms with Crippen LogP contribution in [0.1, 0.15) is 18.1 Å². The van der Waals surface area contributed by atoms with Crippen LogP contribution in [-0.4, -0.2) is 24.1 Å². The second-order valence-corrected chi connectivity index (χ2v) is 4.60. The topological polar surface area (TPSA) is 84.2 Å². The normalized spacial score (nSPS) is 9.74. The van der Waals surface area contributed by atoms with Crippen molar-refractivity contribution in [1.82, 2.24) is 10.3 Å². The average molecular weight is 311 g/mol. The first-order valence-electron chi connectivity index (χ1n) is 7.19. The molecule has 6 nitrogen and oxygen atoms in total. The molecular formula is C17H17N3O3. The van der Waals surface area contributed by atoms with Crippen molar-refractivity contribution in [1.29, 1.82) is 5.26 Å². The van der Waals surface area contributed by atoms with Crippen molar-refractivity contribution >= 4 is 5.91 Å². The molecule has 0 aliphatic rings. The highest BCUT2D eigenvalue weighted by atomic mass is 16.5. The van der Waals surface area contributed by atoms with Crippen molar-refractivity contribution in [3.8, 4) is 17.7 Å². The van der Waals surface area contributed by atoms with Crippen molar-refractivity contribution in [3.05, 3.63) is 53.7 Å². The highest BCUT2D eigenvalue weighted by Gasteiger charge is 2.07. The van der Waals surface area contributed by atoms with Gasteiger partial charge >= 0.3 is 0 Å². The first kappa shape index (κ1) is 16.3. The fraction of sp³-hybridized carbons (Fsp3) is 0.235. The smallest absolute Gasteiger partial charge is 0.258 e. The fourth-order valence-corrected chi connectivity index (χ4v) is 1.84. The zero-order valence-electron chi connectivity index (χ0n) is 12.8. The van der Waals surface area contributed by atoms with Crippen LogP contribution in [0.15, 0.2) is 42.6 Å². The van der Waals surface area contributed by atoms with Gasteiger partial charge in [0.05, 0.1) is 18.2 Å². The van der Waals surface area contributed by atoms with Crippen LogP contribution in [0.3, 0.4) is 0 Å². The Kier molecular flexibility index (Phi) is 5.95. The van der Waals surface area contributed by atoms with E-state index in [4.69, 9.17) is 14.7 Å². The quantitative estimate of drug-likeness (QED) is 0.846. The average Bonchev–Trinajstić information content (AvgIpc) is 2.60. The van der Waals surface area contributed by atoms with Crippen LogP contribution >= 0.6 is 0 Å². The molecule has 1 N–H and O–H groups in total. The maximum absolute atomic E-state index is 11.8. The molecule has 0 bridgehead atoms. The molecule has 0 spiro atoms. The largest absolute Gasteiger partial charge is 0.484 e. The predicted molar refractivity (Wildman–Crippen MR) is 83.9 cm³/mol. The van der Waals surface area contributed by atoms with Crippen LogP contribution in [0.25, 0.3) is 0 Å². The second kappa shape index (κ2) is 8.39. The molecule has 0 fully saturated rings. The number of hydrogen-bond acceptors (Lipinski definition) is 5. The summed E-state index contributed by atoms with van der Waals surface area (Å²) < 4.78 is 10.8. The Bertz CT molecular complexity index is 693. The van der Waals surface area contributed by atoms with Gasteiger partial charge in [-0.05, 0) is 37.3 Å². The number of pyridine rings is 1. The van der Waals surface area contributed by atoms with E-state index >= 15 is 0 Å². The molecular weight excluding hydrogens is 294 g/mol. The summed E-state index contributed by atoms with van der Waals surface area (Å²) in [5.74, 6) is 0.805. The molecule has 1 aromatic carbocycles. The van der Waals surface area contributed by atoms with Gasteiger partial charge in [0.25, 0.3) is 5.91 Å². The summed E-state index contributed by atoms with van der Waals surface area (Å²) in [7, 11) is 0. The third-order valence-corrected chi connectivity index (χ3v) is 2.96. The number of carbonyl (C=O) groups is 1. The van der Waals surface area contributed by atoms with Crippen LogP contribution in [0.5, 0.6) is 11.6 Å². The first-order chi connectivity index (χ1) is 11.2. The number of amides is 1. The third-order valence-electron chi connectivity index (χ3n) is 2.96. The maximum atomic E-state index is 11.8. The second-order valence-electron chi connectivity index (χ2n) is 4.60. The van der Waals surface area contributed by atoms with Gasteiger partial charge in [-0.25, -0.2) is 4.98 Å². The zero-order chi connectivity index (χ0) is 16.5. The number of ether oxygens (including phenoxy) is 2. The summed E-state index contributed by atoms with van der Waals surface area (Å²) >= 11 is 0. The van der Waals surface area contributed by atoms with Crippen LogP contribution in [0.4, 0.5) is 0 Å². The van der Waals surface area contributed by atoms with E-state index in [0.29, 0.717) is 30.3 Å². The van der Waals surface area contributed by atoms with Crippen molar-refractivity contribution in [2.75, 3.05) is 13.2 Å². The van der Waals surface area contributed by atoms with Crippen molar-refractivity contribution in [3.63, 3.8) is 0 Å². The van der Waals surface area contributed by atoms with Crippen molar-refractivity contribution < 1.29 is 14.3 Å². The number of carbonyl (C=O) groups excluding carboxylic acids is 1. The molecule has 1 heterocycles. The van der Waals surface area contributed by atoms with Gasteiger partial charge in [0.2, 0.25) is 5.88 Å². The molecule has 0 radical (unpaired) electrons. The Morgan fingerprint density at radius 2 is 2.04 bits per heavy atom. The predicted octanol–water partition coefficient (Wildman–Crippen LogP) is 2.05. The molecule has 1 amide bonds. The van der Waals surface area contributed by atoms with E-state index in [1.54, 1.807) is 36.5 Å². The van der Waals surface area contributed by atoms with E-state index in [9.17, 15) is 4.79 Å². The van der Waals surface area contributed by atoms with E-state index in [-0.39, 0.29) is 12.5 Å². The molecule has 1 aromatic heterocycles. The van der Waals surface area contributed by atoms with E-state index in [1.807, 2.05) is 19.1 Å². The highest BCUT2D eigenvalue weighted by molar-refractivity contribution is 5.77. The molecule has 23 heavy (non-hydrogen) atoms. The summed E-state index contributed by atoms with van der Waals surface area (Å²) in [5.41, 5.74) is 1.35. The monoisotopic (exact) mass is 311 g/mol. The van der Waals surface area contributed by atoms with Gasteiger partial charge in [-0.15, -0.1) is 0 Å². The lowest BCUT2D eigenvalue weighted by molar-refractivity contribution is -0.123. The van der Waals surface area contributed by atoms with E-state index in [0.717, 1.165) is 5.56 Å². The van der Waals surface area contributed by atoms with Crippen molar-refractivity contribution in [2.24, 2.45) is 0 Å². The molecule has 0 aliphatic heterocycles. The molecule has 0 unspecified atom stereocenters. The first-order valence-corrected chi connectivity index (χ1v) is 7.19. The minimum absolute atomic E-state index is 0.101. The summed E-state index contributed by atoms with van der Waals surface area (Å²) in [6.07, 6.45) is 1.64. The number of nitriles is 1. The lowest BCUT2D eigenvalue weighted by atomic mass is 10.2. The fourth-order valence-electron chi connectivity index (χ4n) is 1.84. The van der Waals surface area contributed by atoms with E-state index in [2.05, 4.69) is 10.3 Å². The minimum atomic E-state index is -0.249. The van der Waals surface area contributed by atoms with Gasteiger partial charge in [0, 0.05) is 18.3 Å². The van der Waals surface area contributed by atoms with Crippen LogP contribution in [0.2, 0.25) is 0 Å². The number of hydrogen-bond donors (Lipinski definition) is 1. The molecule has 118 valence electrons. The Balaban J connectivity index is 1.82. The SMILES string of the molecule is CCOc1ncccc1CNC(=O)COc1ccc(C#N)cc1. The van der Waals surface area contributed by atoms with Crippen molar-refractivity contribution in [2.45, 2.75) is 13.5 Å². The molecule has 0 saturated heterocycles. The zero-order valence-corrected chi connectivity index (χ0v) is 12.8. The summed E-state index contributed by atoms with van der Waals surface area (Å²) in [6.45, 7) is 2.61. The molecule has 0 aliphatic carbocycles. The minimum Gasteiger partial charge on any atom is -0.484 e. The van der Waals surface area contributed by atoms with Gasteiger partial charge in [-0.2, -0.15) is 5.26 Å². The number of nitrogens with one attached hydrogen (secondary N) is 1. The van der Waals surface area contributed by atoms with Gasteiger partial charge in [0.15, 0.2) is 6.61 Å². The Hall–Kier alpha value is -3.07. The third kappa shape index (κ3) is 5.00. The highest BCUT2D eigenvalue weighted by Crippen LogP contribution is 2.14. The van der Waals surface area contributed by atoms with Gasteiger partial charge < -0.3 is 14.8 Å². The van der Waals surface area contributed by atoms with Gasteiger partial charge in [0.1, 0.15) is 5.75 Å². The maximum Gasteiger partial charge on any atom is 0.258 e. The van der Waals surface area contributed by atoms with Gasteiger partial charge in [-0.3, -0.25) is 4.79 Å². The van der Waals surface area contributed by atoms with Crippen LogP contribution in [-0.2, 0) is 11.3 Å². The van der Waals surface area contributed by atoms with E-state index < -0.39 is 0 Å². The number of nitrogens with zero attached hydrogens (tertiary/aromatic N) is 2. The number of rotatable bonds is 7. The summed E-state index contributed by atoms with van der Waals surface area (Å²) in [6, 6.07) is 12.2.